The molecule has 1 N–H and O–H groups in total. The van der Waals surface area contributed by atoms with Crippen molar-refractivity contribution in [2.75, 3.05) is 20.8 Å². The van der Waals surface area contributed by atoms with Crippen LogP contribution in [-0.2, 0) is 5.54 Å². The second-order valence-electron chi connectivity index (χ2n) is 5.21. The molecule has 0 bridgehead atoms. The lowest BCUT2D eigenvalue weighted by molar-refractivity contribution is 0.279. The number of hydrogen-bond acceptors (Lipinski definition) is 3. The van der Waals surface area contributed by atoms with Gasteiger partial charge in [0.05, 0.1) is 25.3 Å². The van der Waals surface area contributed by atoms with Crippen LogP contribution >= 0.6 is 0 Å². The Morgan fingerprint density at radius 1 is 1.11 bits per heavy atom. The number of nitrogens with one attached hydrogen (secondary N) is 1. The fraction of sp³-hybridized carbons (Fsp3) is 0.625. The van der Waals surface area contributed by atoms with Crippen molar-refractivity contribution in [1.29, 1.82) is 0 Å². The highest BCUT2D eigenvalue weighted by molar-refractivity contribution is 5.49. The Morgan fingerprint density at radius 3 is 2.37 bits per heavy atom. The summed E-state index contributed by atoms with van der Waals surface area (Å²) in [4.78, 5) is 0. The van der Waals surface area contributed by atoms with Crippen LogP contribution in [0.5, 0.6) is 11.5 Å². The van der Waals surface area contributed by atoms with Gasteiger partial charge in [0.15, 0.2) is 0 Å². The molecule has 1 fully saturated rings. The van der Waals surface area contributed by atoms with Crippen molar-refractivity contribution in [3.05, 3.63) is 23.8 Å². The van der Waals surface area contributed by atoms with Crippen LogP contribution in [0.2, 0.25) is 0 Å². The smallest absolute Gasteiger partial charge is 0.127 e. The van der Waals surface area contributed by atoms with Gasteiger partial charge in [0.1, 0.15) is 11.5 Å². The lowest BCUT2D eigenvalue weighted by Gasteiger charge is -2.35. The van der Waals surface area contributed by atoms with Crippen LogP contribution < -0.4 is 14.8 Å². The Kier molecular flexibility index (Phi) is 4.70. The van der Waals surface area contributed by atoms with Crippen LogP contribution in [0.3, 0.4) is 0 Å². The lowest BCUT2D eigenvalue weighted by atomic mass is 9.82. The van der Waals surface area contributed by atoms with E-state index in [9.17, 15) is 0 Å². The molecule has 1 aliphatic heterocycles. The van der Waals surface area contributed by atoms with Crippen molar-refractivity contribution in [2.24, 2.45) is 0 Å². The summed E-state index contributed by atoms with van der Waals surface area (Å²) in [6, 6.07) is 6.05. The number of methoxy groups -OCH3 is 2. The Balaban J connectivity index is 2.51. The third-order valence-corrected chi connectivity index (χ3v) is 4.25. The van der Waals surface area contributed by atoms with Gasteiger partial charge in [-0.3, -0.25) is 0 Å². The lowest BCUT2D eigenvalue weighted by Crippen LogP contribution is -2.41. The summed E-state index contributed by atoms with van der Waals surface area (Å²) in [6.45, 7) is 3.30. The normalized spacial score (nSPS) is 23.7. The van der Waals surface area contributed by atoms with Gasteiger partial charge in [-0.2, -0.15) is 0 Å². The number of hydrogen-bond donors (Lipinski definition) is 1. The predicted molar refractivity (Wildman–Crippen MR) is 78.0 cm³/mol. The second-order valence-corrected chi connectivity index (χ2v) is 5.21. The minimum atomic E-state index is -0.0194. The SMILES string of the molecule is CCC1(c2c(OC)cccc2OC)CCCCCN1. The van der Waals surface area contributed by atoms with E-state index in [4.69, 9.17) is 9.47 Å². The first-order chi connectivity index (χ1) is 9.27. The van der Waals surface area contributed by atoms with Crippen LogP contribution in [0.25, 0.3) is 0 Å². The first kappa shape index (κ1) is 14.2. The maximum atomic E-state index is 5.59. The molecule has 0 radical (unpaired) electrons. The Morgan fingerprint density at radius 2 is 1.79 bits per heavy atom. The number of benzene rings is 1. The molecule has 0 spiro atoms. The van der Waals surface area contributed by atoms with Gasteiger partial charge in [-0.05, 0) is 37.9 Å². The molecule has 0 amide bonds. The van der Waals surface area contributed by atoms with Crippen LogP contribution in [0.4, 0.5) is 0 Å². The van der Waals surface area contributed by atoms with Crippen molar-refractivity contribution in [3.8, 4) is 11.5 Å². The molecule has 0 aliphatic carbocycles. The Bertz CT molecular complexity index is 387. The molecule has 1 saturated heterocycles. The molecule has 1 aromatic carbocycles. The van der Waals surface area contributed by atoms with Gasteiger partial charge in [0, 0.05) is 0 Å². The predicted octanol–water partition coefficient (Wildman–Crippen LogP) is 3.47. The average Bonchev–Trinajstić information content (AvgIpc) is 2.72. The summed E-state index contributed by atoms with van der Waals surface area (Å²) >= 11 is 0. The van der Waals surface area contributed by atoms with Gasteiger partial charge in [-0.1, -0.05) is 25.8 Å². The molecule has 0 saturated carbocycles. The van der Waals surface area contributed by atoms with Crippen LogP contribution in [-0.4, -0.2) is 20.8 Å². The molecule has 106 valence electrons. The van der Waals surface area contributed by atoms with E-state index in [1.165, 1.54) is 24.8 Å². The first-order valence-corrected chi connectivity index (χ1v) is 7.24. The fourth-order valence-electron chi connectivity index (χ4n) is 3.16. The molecule has 2 rings (SSSR count). The van der Waals surface area contributed by atoms with E-state index in [2.05, 4.69) is 12.2 Å². The third kappa shape index (κ3) is 2.71. The summed E-state index contributed by atoms with van der Waals surface area (Å²) in [7, 11) is 3.47. The topological polar surface area (TPSA) is 30.5 Å². The second kappa shape index (κ2) is 6.29. The Hall–Kier alpha value is -1.22. The molecule has 1 atom stereocenters. The van der Waals surface area contributed by atoms with Crippen molar-refractivity contribution >= 4 is 0 Å². The van der Waals surface area contributed by atoms with E-state index >= 15 is 0 Å². The maximum absolute atomic E-state index is 5.59. The highest BCUT2D eigenvalue weighted by Crippen LogP contribution is 2.43. The average molecular weight is 263 g/mol. The van der Waals surface area contributed by atoms with Crippen molar-refractivity contribution in [2.45, 2.75) is 44.6 Å². The van der Waals surface area contributed by atoms with Crippen LogP contribution in [0, 0.1) is 0 Å². The molecule has 1 unspecified atom stereocenters. The van der Waals surface area contributed by atoms with E-state index in [-0.39, 0.29) is 5.54 Å². The van der Waals surface area contributed by atoms with E-state index in [1.54, 1.807) is 14.2 Å². The summed E-state index contributed by atoms with van der Waals surface area (Å²) < 4.78 is 11.2. The standard InChI is InChI=1S/C16H25NO2/c1-4-16(11-6-5-7-12-17-16)15-13(18-2)9-8-10-14(15)19-3/h8-10,17H,4-7,11-12H2,1-3H3. The van der Waals surface area contributed by atoms with Gasteiger partial charge < -0.3 is 14.8 Å². The molecule has 1 heterocycles. The zero-order valence-electron chi connectivity index (χ0n) is 12.3. The van der Waals surface area contributed by atoms with Crippen molar-refractivity contribution in [1.82, 2.24) is 5.32 Å². The van der Waals surface area contributed by atoms with E-state index in [1.807, 2.05) is 18.2 Å². The van der Waals surface area contributed by atoms with Crippen LogP contribution in [0.1, 0.15) is 44.6 Å². The van der Waals surface area contributed by atoms with Gasteiger partial charge in [-0.25, -0.2) is 0 Å². The molecular weight excluding hydrogens is 238 g/mol. The summed E-state index contributed by atoms with van der Waals surface area (Å²) in [5.41, 5.74) is 1.17. The van der Waals surface area contributed by atoms with Crippen molar-refractivity contribution in [3.63, 3.8) is 0 Å². The fourth-order valence-corrected chi connectivity index (χ4v) is 3.16. The molecule has 1 aliphatic rings. The van der Waals surface area contributed by atoms with E-state index in [0.717, 1.165) is 30.9 Å². The van der Waals surface area contributed by atoms with Gasteiger partial charge in [0.2, 0.25) is 0 Å². The third-order valence-electron chi connectivity index (χ3n) is 4.25. The van der Waals surface area contributed by atoms with E-state index in [0.29, 0.717) is 0 Å². The van der Waals surface area contributed by atoms with Gasteiger partial charge in [0.25, 0.3) is 0 Å². The molecular formula is C16H25NO2. The first-order valence-electron chi connectivity index (χ1n) is 7.24. The molecule has 0 aromatic heterocycles. The summed E-state index contributed by atoms with van der Waals surface area (Å²) in [5, 5.41) is 3.75. The quantitative estimate of drug-likeness (QED) is 0.902. The number of ether oxygens (including phenoxy) is 2. The maximum Gasteiger partial charge on any atom is 0.127 e. The van der Waals surface area contributed by atoms with Crippen molar-refractivity contribution < 1.29 is 9.47 Å². The Labute approximate surface area is 116 Å². The minimum Gasteiger partial charge on any atom is -0.496 e. The minimum absolute atomic E-state index is 0.0194. The molecule has 19 heavy (non-hydrogen) atoms. The summed E-state index contributed by atoms with van der Waals surface area (Å²) in [6.07, 6.45) is 5.98. The largest absolute Gasteiger partial charge is 0.496 e. The van der Waals surface area contributed by atoms with Gasteiger partial charge >= 0.3 is 0 Å². The van der Waals surface area contributed by atoms with Crippen LogP contribution in [0.15, 0.2) is 18.2 Å². The zero-order valence-corrected chi connectivity index (χ0v) is 12.3. The van der Waals surface area contributed by atoms with E-state index < -0.39 is 0 Å². The highest BCUT2D eigenvalue weighted by Gasteiger charge is 2.36. The zero-order chi connectivity index (χ0) is 13.7. The number of rotatable bonds is 4. The van der Waals surface area contributed by atoms with Gasteiger partial charge in [-0.15, -0.1) is 0 Å². The molecule has 1 aromatic rings. The summed E-state index contributed by atoms with van der Waals surface area (Å²) in [5.74, 6) is 1.85. The monoisotopic (exact) mass is 263 g/mol. The molecule has 3 heteroatoms. The molecule has 3 nitrogen and oxygen atoms in total. The highest BCUT2D eigenvalue weighted by atomic mass is 16.5.